The lowest BCUT2D eigenvalue weighted by molar-refractivity contribution is -0.146. The second-order valence-corrected chi connectivity index (χ2v) is 5.34. The number of carbonyl (C=O) groups excluding carboxylic acids is 2. The quantitative estimate of drug-likeness (QED) is 0.779. The van der Waals surface area contributed by atoms with Crippen LogP contribution in [0.5, 0.6) is 5.75 Å². The second kappa shape index (κ2) is 8.93. The lowest BCUT2D eigenvalue weighted by Gasteiger charge is -2.08. The Balaban J connectivity index is 1.78. The summed E-state index contributed by atoms with van der Waals surface area (Å²) in [5.74, 6) is -0.196. The Morgan fingerprint density at radius 3 is 2.46 bits per heavy atom. The van der Waals surface area contributed by atoms with Crippen LogP contribution < -0.4 is 10.1 Å². The van der Waals surface area contributed by atoms with Crippen LogP contribution in [0, 0.1) is 0 Å². The predicted molar refractivity (Wildman–Crippen MR) is 92.4 cm³/mol. The molecule has 1 N–H and O–H groups in total. The summed E-state index contributed by atoms with van der Waals surface area (Å²) in [4.78, 5) is 23.6. The number of benzene rings is 2. The molecule has 2 aromatic rings. The molecular weight excluding hydrogens is 330 g/mol. The minimum Gasteiger partial charge on any atom is -0.494 e. The molecule has 0 aliphatic carbocycles. The smallest absolute Gasteiger partial charge is 0.310 e. The summed E-state index contributed by atoms with van der Waals surface area (Å²) in [6, 6.07) is 13.9. The highest BCUT2D eigenvalue weighted by Crippen LogP contribution is 2.16. The van der Waals surface area contributed by atoms with E-state index in [-0.39, 0.29) is 13.0 Å². The SMILES string of the molecule is CCOc1ccc(NC(=O)COC(=O)Cc2ccccc2Cl)cc1. The van der Waals surface area contributed by atoms with Gasteiger partial charge < -0.3 is 14.8 Å². The number of ether oxygens (including phenoxy) is 2. The zero-order valence-electron chi connectivity index (χ0n) is 13.3. The number of esters is 1. The van der Waals surface area contributed by atoms with E-state index in [1.54, 1.807) is 48.5 Å². The average Bonchev–Trinajstić information content (AvgIpc) is 2.57. The van der Waals surface area contributed by atoms with E-state index in [0.29, 0.717) is 22.9 Å². The summed E-state index contributed by atoms with van der Waals surface area (Å²) in [6.07, 6.45) is 0.0238. The molecule has 5 nitrogen and oxygen atoms in total. The highest BCUT2D eigenvalue weighted by Gasteiger charge is 2.10. The van der Waals surface area contributed by atoms with Gasteiger partial charge >= 0.3 is 5.97 Å². The molecule has 0 aromatic heterocycles. The highest BCUT2D eigenvalue weighted by molar-refractivity contribution is 6.31. The Bertz CT molecular complexity index is 700. The maximum absolute atomic E-state index is 11.8. The van der Waals surface area contributed by atoms with Gasteiger partial charge in [0.05, 0.1) is 13.0 Å². The molecule has 0 aliphatic rings. The number of amides is 1. The van der Waals surface area contributed by atoms with Gasteiger partial charge in [0.25, 0.3) is 5.91 Å². The first kappa shape index (κ1) is 17.8. The van der Waals surface area contributed by atoms with E-state index in [2.05, 4.69) is 5.32 Å². The Labute approximate surface area is 145 Å². The van der Waals surface area contributed by atoms with Gasteiger partial charge in [-0.15, -0.1) is 0 Å². The van der Waals surface area contributed by atoms with Gasteiger partial charge in [0.1, 0.15) is 5.75 Å². The minimum absolute atomic E-state index is 0.0238. The van der Waals surface area contributed by atoms with Crippen molar-refractivity contribution >= 4 is 29.2 Å². The third-order valence-electron chi connectivity index (χ3n) is 3.11. The highest BCUT2D eigenvalue weighted by atomic mass is 35.5. The first-order chi connectivity index (χ1) is 11.6. The summed E-state index contributed by atoms with van der Waals surface area (Å²) >= 11 is 5.98. The van der Waals surface area contributed by atoms with Gasteiger partial charge in [0, 0.05) is 10.7 Å². The van der Waals surface area contributed by atoms with Gasteiger partial charge in [-0.05, 0) is 42.8 Å². The zero-order valence-corrected chi connectivity index (χ0v) is 14.0. The Hall–Kier alpha value is -2.53. The van der Waals surface area contributed by atoms with E-state index >= 15 is 0 Å². The van der Waals surface area contributed by atoms with Crippen molar-refractivity contribution in [2.75, 3.05) is 18.5 Å². The summed E-state index contributed by atoms with van der Waals surface area (Å²) in [5.41, 5.74) is 1.27. The topological polar surface area (TPSA) is 64.6 Å². The normalized spacial score (nSPS) is 10.1. The maximum Gasteiger partial charge on any atom is 0.310 e. The van der Waals surface area contributed by atoms with Gasteiger partial charge in [0.15, 0.2) is 6.61 Å². The van der Waals surface area contributed by atoms with Crippen LogP contribution in [0.2, 0.25) is 5.02 Å². The van der Waals surface area contributed by atoms with Gasteiger partial charge in [0.2, 0.25) is 0 Å². The first-order valence-corrected chi connectivity index (χ1v) is 7.88. The molecule has 2 aromatic carbocycles. The first-order valence-electron chi connectivity index (χ1n) is 7.50. The molecule has 0 spiro atoms. The van der Waals surface area contributed by atoms with Crippen LogP contribution in [0.3, 0.4) is 0 Å². The van der Waals surface area contributed by atoms with E-state index < -0.39 is 11.9 Å². The molecule has 0 radical (unpaired) electrons. The molecule has 2 rings (SSSR count). The third-order valence-corrected chi connectivity index (χ3v) is 3.47. The number of anilines is 1. The fourth-order valence-electron chi connectivity index (χ4n) is 1.99. The van der Waals surface area contributed by atoms with Gasteiger partial charge in [-0.25, -0.2) is 0 Å². The van der Waals surface area contributed by atoms with Crippen molar-refractivity contribution < 1.29 is 19.1 Å². The fourth-order valence-corrected chi connectivity index (χ4v) is 2.20. The van der Waals surface area contributed by atoms with Gasteiger partial charge in [-0.3, -0.25) is 9.59 Å². The molecule has 0 heterocycles. The number of halogens is 1. The molecule has 0 bridgehead atoms. The number of nitrogens with one attached hydrogen (secondary N) is 1. The fraction of sp³-hybridized carbons (Fsp3) is 0.222. The van der Waals surface area contributed by atoms with Crippen LogP contribution in [-0.4, -0.2) is 25.1 Å². The van der Waals surface area contributed by atoms with Crippen LogP contribution in [0.15, 0.2) is 48.5 Å². The second-order valence-electron chi connectivity index (χ2n) is 4.93. The van der Waals surface area contributed by atoms with E-state index in [0.717, 1.165) is 5.75 Å². The van der Waals surface area contributed by atoms with Gasteiger partial charge in [-0.1, -0.05) is 29.8 Å². The molecule has 0 saturated carbocycles. The third kappa shape index (κ3) is 5.59. The number of hydrogen-bond acceptors (Lipinski definition) is 4. The summed E-state index contributed by atoms with van der Waals surface area (Å²) in [7, 11) is 0. The Kier molecular flexibility index (Phi) is 6.63. The summed E-state index contributed by atoms with van der Waals surface area (Å²) < 4.78 is 10.3. The molecule has 0 saturated heterocycles. The lowest BCUT2D eigenvalue weighted by Crippen LogP contribution is -2.21. The summed E-state index contributed by atoms with van der Waals surface area (Å²) in [6.45, 7) is 2.12. The molecule has 24 heavy (non-hydrogen) atoms. The van der Waals surface area contributed by atoms with E-state index in [9.17, 15) is 9.59 Å². The van der Waals surface area contributed by atoms with Crippen LogP contribution in [-0.2, 0) is 20.7 Å². The van der Waals surface area contributed by atoms with Crippen molar-refractivity contribution in [3.63, 3.8) is 0 Å². The van der Waals surface area contributed by atoms with Crippen LogP contribution in [0.25, 0.3) is 0 Å². The summed E-state index contributed by atoms with van der Waals surface area (Å²) in [5, 5.41) is 3.14. The van der Waals surface area contributed by atoms with E-state index in [4.69, 9.17) is 21.1 Å². The number of carbonyl (C=O) groups is 2. The molecule has 0 aliphatic heterocycles. The average molecular weight is 348 g/mol. The molecule has 6 heteroatoms. The van der Waals surface area contributed by atoms with Crippen LogP contribution in [0.4, 0.5) is 5.69 Å². The van der Waals surface area contributed by atoms with Crippen LogP contribution >= 0.6 is 11.6 Å². The Morgan fingerprint density at radius 1 is 1.08 bits per heavy atom. The molecule has 0 fully saturated rings. The maximum atomic E-state index is 11.8. The minimum atomic E-state index is -0.509. The Morgan fingerprint density at radius 2 is 1.79 bits per heavy atom. The number of rotatable bonds is 7. The number of hydrogen-bond donors (Lipinski definition) is 1. The molecule has 0 unspecified atom stereocenters. The molecule has 126 valence electrons. The largest absolute Gasteiger partial charge is 0.494 e. The monoisotopic (exact) mass is 347 g/mol. The zero-order chi connectivity index (χ0) is 17.4. The van der Waals surface area contributed by atoms with E-state index in [1.807, 2.05) is 6.92 Å². The molecule has 0 atom stereocenters. The molecular formula is C18H18ClNO4. The van der Waals surface area contributed by atoms with Crippen molar-refractivity contribution in [3.05, 3.63) is 59.1 Å². The standard InChI is InChI=1S/C18H18ClNO4/c1-2-23-15-9-7-14(8-10-15)20-17(21)12-24-18(22)11-13-5-3-4-6-16(13)19/h3-10H,2,11-12H2,1H3,(H,20,21). The van der Waals surface area contributed by atoms with E-state index in [1.165, 1.54) is 0 Å². The van der Waals surface area contributed by atoms with Crippen molar-refractivity contribution in [1.82, 2.24) is 0 Å². The van der Waals surface area contributed by atoms with Crippen LogP contribution in [0.1, 0.15) is 12.5 Å². The van der Waals surface area contributed by atoms with Gasteiger partial charge in [-0.2, -0.15) is 0 Å². The lowest BCUT2D eigenvalue weighted by atomic mass is 10.1. The molecule has 1 amide bonds. The predicted octanol–water partition coefficient (Wildman–Crippen LogP) is 3.46. The van der Waals surface area contributed by atoms with Crippen molar-refractivity contribution in [2.45, 2.75) is 13.3 Å². The van der Waals surface area contributed by atoms with Crippen molar-refractivity contribution in [3.8, 4) is 5.75 Å². The van der Waals surface area contributed by atoms with Crippen molar-refractivity contribution in [2.24, 2.45) is 0 Å². The van der Waals surface area contributed by atoms with Crippen molar-refractivity contribution in [1.29, 1.82) is 0 Å².